The Kier molecular flexibility index (Phi) is 2.49. The molecule has 2 aromatic rings. The highest BCUT2D eigenvalue weighted by Gasteiger charge is 2.10. The van der Waals surface area contributed by atoms with Gasteiger partial charge in [0.2, 0.25) is 0 Å². The molecule has 2 rings (SSSR count). The summed E-state index contributed by atoms with van der Waals surface area (Å²) >= 11 is 3.47. The quantitative estimate of drug-likeness (QED) is 0.807. The molecule has 2 heterocycles. The van der Waals surface area contributed by atoms with E-state index in [-0.39, 0.29) is 6.04 Å². The predicted molar refractivity (Wildman–Crippen MR) is 59.4 cm³/mol. The van der Waals surface area contributed by atoms with Crippen LogP contribution in [0, 0.1) is 6.92 Å². The van der Waals surface area contributed by atoms with E-state index in [1.165, 1.54) is 15.3 Å². The summed E-state index contributed by atoms with van der Waals surface area (Å²) < 4.78 is 0. The highest BCUT2D eigenvalue weighted by molar-refractivity contribution is 7.12. The fourth-order valence-electron chi connectivity index (χ4n) is 1.24. The van der Waals surface area contributed by atoms with Crippen molar-refractivity contribution in [2.75, 3.05) is 0 Å². The van der Waals surface area contributed by atoms with Crippen molar-refractivity contribution in [3.63, 3.8) is 0 Å². The molecule has 3 heteroatoms. The van der Waals surface area contributed by atoms with Gasteiger partial charge in [0.05, 0.1) is 6.04 Å². The van der Waals surface area contributed by atoms with Crippen LogP contribution < -0.4 is 5.73 Å². The molecule has 0 radical (unpaired) electrons. The summed E-state index contributed by atoms with van der Waals surface area (Å²) in [5.41, 5.74) is 7.31. The lowest BCUT2D eigenvalue weighted by Crippen LogP contribution is -2.08. The van der Waals surface area contributed by atoms with Gasteiger partial charge in [-0.25, -0.2) is 0 Å². The molecule has 2 aromatic heterocycles. The Balaban J connectivity index is 2.28. The highest BCUT2D eigenvalue weighted by Crippen LogP contribution is 2.27. The molecule has 0 aliphatic heterocycles. The van der Waals surface area contributed by atoms with E-state index in [9.17, 15) is 0 Å². The number of hydrogen-bond donors (Lipinski definition) is 1. The molecule has 0 aliphatic carbocycles. The fraction of sp³-hybridized carbons (Fsp3) is 0.200. The number of thiophene rings is 2. The Labute approximate surface area is 85.8 Å². The summed E-state index contributed by atoms with van der Waals surface area (Å²) in [6.45, 7) is 2.11. The zero-order chi connectivity index (χ0) is 9.26. The first kappa shape index (κ1) is 8.94. The third kappa shape index (κ3) is 1.82. The standard InChI is InChI=1S/C10H11NS2/c1-7-2-3-9(13-7)10(11)8-4-5-12-6-8/h2-6,10H,11H2,1H3/t10-/m1/s1. The Morgan fingerprint density at radius 3 is 2.69 bits per heavy atom. The van der Waals surface area contributed by atoms with Gasteiger partial charge in [0.1, 0.15) is 0 Å². The SMILES string of the molecule is Cc1ccc([C@H](N)c2ccsc2)s1. The number of aryl methyl sites for hydroxylation is 1. The van der Waals surface area contributed by atoms with Gasteiger partial charge < -0.3 is 5.73 Å². The van der Waals surface area contributed by atoms with Crippen molar-refractivity contribution in [1.29, 1.82) is 0 Å². The number of rotatable bonds is 2. The summed E-state index contributed by atoms with van der Waals surface area (Å²) in [5.74, 6) is 0. The molecular weight excluding hydrogens is 198 g/mol. The van der Waals surface area contributed by atoms with Gasteiger partial charge in [0.15, 0.2) is 0 Å². The van der Waals surface area contributed by atoms with E-state index in [4.69, 9.17) is 5.73 Å². The summed E-state index contributed by atoms with van der Waals surface area (Å²) in [6.07, 6.45) is 0. The molecule has 13 heavy (non-hydrogen) atoms. The lowest BCUT2D eigenvalue weighted by molar-refractivity contribution is 0.899. The largest absolute Gasteiger partial charge is 0.320 e. The maximum absolute atomic E-state index is 6.09. The molecule has 0 amide bonds. The van der Waals surface area contributed by atoms with E-state index < -0.39 is 0 Å². The first-order chi connectivity index (χ1) is 6.27. The van der Waals surface area contributed by atoms with Crippen LogP contribution in [-0.4, -0.2) is 0 Å². The van der Waals surface area contributed by atoms with E-state index in [0.717, 1.165) is 0 Å². The van der Waals surface area contributed by atoms with Crippen molar-refractivity contribution in [2.45, 2.75) is 13.0 Å². The van der Waals surface area contributed by atoms with Crippen LogP contribution in [0.2, 0.25) is 0 Å². The third-order valence-corrected chi connectivity index (χ3v) is 3.76. The molecule has 1 nitrogen and oxygen atoms in total. The average Bonchev–Trinajstić information content (AvgIpc) is 2.72. The van der Waals surface area contributed by atoms with E-state index in [0.29, 0.717) is 0 Å². The van der Waals surface area contributed by atoms with Gasteiger partial charge in [-0.15, -0.1) is 11.3 Å². The average molecular weight is 209 g/mol. The molecule has 0 saturated heterocycles. The molecule has 0 saturated carbocycles. The monoisotopic (exact) mass is 209 g/mol. The second-order valence-electron chi connectivity index (χ2n) is 2.98. The predicted octanol–water partition coefficient (Wildman–Crippen LogP) is 3.17. The van der Waals surface area contributed by atoms with Crippen molar-refractivity contribution in [2.24, 2.45) is 5.73 Å². The molecular formula is C10H11NS2. The lowest BCUT2D eigenvalue weighted by atomic mass is 10.1. The van der Waals surface area contributed by atoms with Crippen LogP contribution in [0.25, 0.3) is 0 Å². The lowest BCUT2D eigenvalue weighted by Gasteiger charge is -2.05. The molecule has 68 valence electrons. The fourth-order valence-corrected chi connectivity index (χ4v) is 2.84. The van der Waals surface area contributed by atoms with Crippen molar-refractivity contribution in [1.82, 2.24) is 0 Å². The smallest absolute Gasteiger partial charge is 0.0654 e. The minimum absolute atomic E-state index is 0.0601. The first-order valence-corrected chi connectivity index (χ1v) is 5.87. The number of nitrogens with two attached hydrogens (primary N) is 1. The van der Waals surface area contributed by atoms with Crippen molar-refractivity contribution in [3.8, 4) is 0 Å². The van der Waals surface area contributed by atoms with Crippen LogP contribution in [0.5, 0.6) is 0 Å². The topological polar surface area (TPSA) is 26.0 Å². The molecule has 0 spiro atoms. The van der Waals surface area contributed by atoms with E-state index in [2.05, 4.69) is 35.9 Å². The van der Waals surface area contributed by atoms with Crippen LogP contribution in [0.15, 0.2) is 29.0 Å². The summed E-state index contributed by atoms with van der Waals surface area (Å²) in [4.78, 5) is 2.57. The molecule has 0 aromatic carbocycles. The molecule has 0 unspecified atom stereocenters. The Morgan fingerprint density at radius 2 is 2.15 bits per heavy atom. The van der Waals surface area contributed by atoms with Crippen LogP contribution in [0.4, 0.5) is 0 Å². The van der Waals surface area contributed by atoms with Gasteiger partial charge in [-0.05, 0) is 41.4 Å². The van der Waals surface area contributed by atoms with Gasteiger partial charge in [0.25, 0.3) is 0 Å². The Bertz CT molecular complexity index is 375. The van der Waals surface area contributed by atoms with E-state index in [1.807, 2.05) is 0 Å². The molecule has 1 atom stereocenters. The van der Waals surface area contributed by atoms with Gasteiger partial charge in [-0.1, -0.05) is 0 Å². The van der Waals surface area contributed by atoms with Crippen LogP contribution >= 0.6 is 22.7 Å². The summed E-state index contributed by atoms with van der Waals surface area (Å²) in [5, 5.41) is 4.18. The molecule has 0 aliphatic rings. The van der Waals surface area contributed by atoms with Crippen molar-refractivity contribution >= 4 is 22.7 Å². The van der Waals surface area contributed by atoms with Gasteiger partial charge in [0, 0.05) is 9.75 Å². The number of hydrogen-bond acceptors (Lipinski definition) is 3. The van der Waals surface area contributed by atoms with Crippen molar-refractivity contribution in [3.05, 3.63) is 44.3 Å². The van der Waals surface area contributed by atoms with E-state index in [1.54, 1.807) is 22.7 Å². The Morgan fingerprint density at radius 1 is 1.31 bits per heavy atom. The molecule has 0 bridgehead atoms. The van der Waals surface area contributed by atoms with Crippen molar-refractivity contribution < 1.29 is 0 Å². The summed E-state index contributed by atoms with van der Waals surface area (Å²) in [7, 11) is 0. The zero-order valence-electron chi connectivity index (χ0n) is 7.36. The van der Waals surface area contributed by atoms with Crippen LogP contribution in [0.1, 0.15) is 21.4 Å². The second kappa shape index (κ2) is 3.62. The van der Waals surface area contributed by atoms with Crippen LogP contribution in [-0.2, 0) is 0 Å². The maximum atomic E-state index is 6.09. The summed E-state index contributed by atoms with van der Waals surface area (Å²) in [6, 6.07) is 6.38. The normalized spacial score (nSPS) is 13.1. The second-order valence-corrected chi connectivity index (χ2v) is 5.08. The minimum Gasteiger partial charge on any atom is -0.320 e. The first-order valence-electron chi connectivity index (χ1n) is 4.11. The molecule has 0 fully saturated rings. The third-order valence-electron chi connectivity index (χ3n) is 1.97. The Hall–Kier alpha value is -0.640. The van der Waals surface area contributed by atoms with Gasteiger partial charge in [-0.2, -0.15) is 11.3 Å². The minimum atomic E-state index is 0.0601. The van der Waals surface area contributed by atoms with Crippen LogP contribution in [0.3, 0.4) is 0 Å². The maximum Gasteiger partial charge on any atom is 0.0654 e. The van der Waals surface area contributed by atoms with Gasteiger partial charge in [-0.3, -0.25) is 0 Å². The molecule has 2 N–H and O–H groups in total. The van der Waals surface area contributed by atoms with E-state index >= 15 is 0 Å². The highest BCUT2D eigenvalue weighted by atomic mass is 32.1. The zero-order valence-corrected chi connectivity index (χ0v) is 8.99. The van der Waals surface area contributed by atoms with Gasteiger partial charge >= 0.3 is 0 Å².